The van der Waals surface area contributed by atoms with E-state index in [1.165, 1.54) is 6.21 Å². The molecule has 0 fully saturated rings. The standard InChI is InChI=1S/C29H27N3O5/c1-35-24-13-11-23(12-14-24)31-28(33)17-29(34)32-30-18-20-10-15-26(27(16-20)36-2)37-19-22-8-5-7-21-6-3-4-9-25(21)22/h3-16,18H,17,19H2,1-2H3,(H,31,33)(H,32,34). The maximum atomic E-state index is 12.1. The number of methoxy groups -OCH3 is 2. The molecule has 188 valence electrons. The van der Waals surface area contributed by atoms with E-state index in [0.29, 0.717) is 35.1 Å². The van der Waals surface area contributed by atoms with E-state index in [9.17, 15) is 9.59 Å². The number of ether oxygens (including phenoxy) is 3. The second-order valence-electron chi connectivity index (χ2n) is 8.08. The monoisotopic (exact) mass is 497 g/mol. The van der Waals surface area contributed by atoms with Gasteiger partial charge in [-0.1, -0.05) is 42.5 Å². The number of hydrazone groups is 1. The lowest BCUT2D eigenvalue weighted by atomic mass is 10.1. The van der Waals surface area contributed by atoms with E-state index >= 15 is 0 Å². The van der Waals surface area contributed by atoms with Gasteiger partial charge in [0.15, 0.2) is 11.5 Å². The van der Waals surface area contributed by atoms with Crippen molar-refractivity contribution >= 4 is 34.5 Å². The highest BCUT2D eigenvalue weighted by Gasteiger charge is 2.10. The first-order chi connectivity index (χ1) is 18.1. The van der Waals surface area contributed by atoms with Gasteiger partial charge in [0.25, 0.3) is 0 Å². The number of rotatable bonds is 10. The van der Waals surface area contributed by atoms with Crippen LogP contribution in [0.3, 0.4) is 0 Å². The number of carbonyl (C=O) groups excluding carboxylic acids is 2. The van der Waals surface area contributed by atoms with Gasteiger partial charge in [-0.05, 0) is 64.4 Å². The molecule has 0 heterocycles. The van der Waals surface area contributed by atoms with Gasteiger partial charge in [0, 0.05) is 5.69 Å². The number of amides is 2. The van der Waals surface area contributed by atoms with Gasteiger partial charge in [0.05, 0.1) is 20.4 Å². The minimum atomic E-state index is -0.538. The largest absolute Gasteiger partial charge is 0.497 e. The Balaban J connectivity index is 1.30. The average molecular weight is 498 g/mol. The summed E-state index contributed by atoms with van der Waals surface area (Å²) in [6, 6.07) is 26.4. The molecule has 0 spiro atoms. The van der Waals surface area contributed by atoms with Crippen molar-refractivity contribution in [3.05, 3.63) is 96.1 Å². The molecule has 0 aliphatic carbocycles. The Bertz CT molecular complexity index is 1410. The molecule has 2 N–H and O–H groups in total. The number of nitrogens with one attached hydrogen (secondary N) is 2. The molecule has 0 saturated carbocycles. The highest BCUT2D eigenvalue weighted by Crippen LogP contribution is 2.29. The van der Waals surface area contributed by atoms with Crippen molar-refractivity contribution in [3.63, 3.8) is 0 Å². The van der Waals surface area contributed by atoms with Crippen molar-refractivity contribution in [1.29, 1.82) is 0 Å². The lowest BCUT2D eigenvalue weighted by Crippen LogP contribution is -2.24. The molecule has 37 heavy (non-hydrogen) atoms. The van der Waals surface area contributed by atoms with Crippen LogP contribution in [0.4, 0.5) is 5.69 Å². The van der Waals surface area contributed by atoms with Crippen LogP contribution >= 0.6 is 0 Å². The molecule has 0 bridgehead atoms. The fourth-order valence-electron chi connectivity index (χ4n) is 3.70. The van der Waals surface area contributed by atoms with E-state index < -0.39 is 11.8 Å². The van der Waals surface area contributed by atoms with Gasteiger partial charge in [0.1, 0.15) is 18.8 Å². The maximum absolute atomic E-state index is 12.1. The van der Waals surface area contributed by atoms with Crippen molar-refractivity contribution in [1.82, 2.24) is 5.43 Å². The lowest BCUT2D eigenvalue weighted by Gasteiger charge is -2.12. The van der Waals surface area contributed by atoms with E-state index in [0.717, 1.165) is 16.3 Å². The predicted octanol–water partition coefficient (Wildman–Crippen LogP) is 4.91. The molecule has 0 aliphatic rings. The molecule has 2 amide bonds. The van der Waals surface area contributed by atoms with Crippen LogP contribution in [0.1, 0.15) is 17.5 Å². The number of hydrogen-bond donors (Lipinski definition) is 2. The normalized spacial score (nSPS) is 10.8. The summed E-state index contributed by atoms with van der Waals surface area (Å²) in [6.45, 7) is 0.389. The first-order valence-electron chi connectivity index (χ1n) is 11.6. The molecule has 0 aliphatic heterocycles. The highest BCUT2D eigenvalue weighted by atomic mass is 16.5. The Morgan fingerprint density at radius 3 is 2.41 bits per heavy atom. The van der Waals surface area contributed by atoms with Crippen molar-refractivity contribution in [2.75, 3.05) is 19.5 Å². The van der Waals surface area contributed by atoms with Crippen LogP contribution in [0.5, 0.6) is 17.2 Å². The molecule has 0 unspecified atom stereocenters. The minimum absolute atomic E-state index is 0.367. The van der Waals surface area contributed by atoms with Crippen molar-refractivity contribution < 1.29 is 23.8 Å². The van der Waals surface area contributed by atoms with Crippen molar-refractivity contribution in [2.24, 2.45) is 5.10 Å². The van der Waals surface area contributed by atoms with Gasteiger partial charge >= 0.3 is 0 Å². The summed E-state index contributed by atoms with van der Waals surface area (Å²) in [5.41, 5.74) is 4.69. The highest BCUT2D eigenvalue weighted by molar-refractivity contribution is 6.03. The third-order valence-corrected chi connectivity index (χ3v) is 5.55. The molecule has 8 heteroatoms. The van der Waals surface area contributed by atoms with Crippen LogP contribution in [0.25, 0.3) is 10.8 Å². The number of hydrogen-bond acceptors (Lipinski definition) is 6. The summed E-state index contributed by atoms with van der Waals surface area (Å²) >= 11 is 0. The van der Waals surface area contributed by atoms with Crippen LogP contribution < -0.4 is 25.0 Å². The molecule has 4 aromatic rings. The zero-order valence-corrected chi connectivity index (χ0v) is 20.6. The Kier molecular flexibility index (Phi) is 8.33. The van der Waals surface area contributed by atoms with Crippen molar-refractivity contribution in [2.45, 2.75) is 13.0 Å². The lowest BCUT2D eigenvalue weighted by molar-refractivity contribution is -0.126. The predicted molar refractivity (Wildman–Crippen MR) is 143 cm³/mol. The smallest absolute Gasteiger partial charge is 0.249 e. The number of nitrogens with zero attached hydrogens (tertiary/aromatic N) is 1. The Labute approximate surface area is 214 Å². The van der Waals surface area contributed by atoms with Gasteiger partial charge in [-0.2, -0.15) is 5.10 Å². The average Bonchev–Trinajstić information content (AvgIpc) is 2.92. The van der Waals surface area contributed by atoms with Crippen LogP contribution in [-0.4, -0.2) is 32.2 Å². The molecular weight excluding hydrogens is 470 g/mol. The van der Waals surface area contributed by atoms with Crippen molar-refractivity contribution in [3.8, 4) is 17.2 Å². The van der Waals surface area contributed by atoms with Gasteiger partial charge in [-0.3, -0.25) is 9.59 Å². The zero-order valence-electron chi connectivity index (χ0n) is 20.6. The molecule has 0 radical (unpaired) electrons. The van der Waals surface area contributed by atoms with Crippen LogP contribution in [-0.2, 0) is 16.2 Å². The summed E-state index contributed by atoms with van der Waals surface area (Å²) in [7, 11) is 3.12. The number of carbonyl (C=O) groups is 2. The number of fused-ring (bicyclic) bond motifs is 1. The quantitative estimate of drug-likeness (QED) is 0.184. The molecule has 8 nitrogen and oxygen atoms in total. The van der Waals surface area contributed by atoms with Gasteiger partial charge in [-0.25, -0.2) is 5.43 Å². The minimum Gasteiger partial charge on any atom is -0.497 e. The first-order valence-corrected chi connectivity index (χ1v) is 11.6. The molecule has 0 saturated heterocycles. The number of benzene rings is 4. The fraction of sp³-hybridized carbons (Fsp3) is 0.138. The van der Waals surface area contributed by atoms with Gasteiger partial charge in [-0.15, -0.1) is 0 Å². The van der Waals surface area contributed by atoms with E-state index in [4.69, 9.17) is 14.2 Å². The molecular formula is C29H27N3O5. The van der Waals surface area contributed by atoms with Crippen LogP contribution in [0, 0.1) is 0 Å². The van der Waals surface area contributed by atoms with E-state index in [2.05, 4.69) is 34.0 Å². The Morgan fingerprint density at radius 1 is 0.838 bits per heavy atom. The third kappa shape index (κ3) is 6.85. The summed E-state index contributed by atoms with van der Waals surface area (Å²) in [5, 5.41) is 8.88. The van der Waals surface area contributed by atoms with Gasteiger partial charge < -0.3 is 19.5 Å². The fourth-order valence-corrected chi connectivity index (χ4v) is 3.70. The summed E-state index contributed by atoms with van der Waals surface area (Å²) in [5.74, 6) is 0.809. The maximum Gasteiger partial charge on any atom is 0.249 e. The second-order valence-corrected chi connectivity index (χ2v) is 8.08. The molecule has 0 atom stereocenters. The molecule has 4 rings (SSSR count). The number of anilines is 1. The molecule has 4 aromatic carbocycles. The Morgan fingerprint density at radius 2 is 1.62 bits per heavy atom. The Hall–Kier alpha value is -4.85. The summed E-state index contributed by atoms with van der Waals surface area (Å²) < 4.78 is 16.6. The summed E-state index contributed by atoms with van der Waals surface area (Å²) in [4.78, 5) is 24.2. The topological polar surface area (TPSA) is 98.2 Å². The third-order valence-electron chi connectivity index (χ3n) is 5.55. The first kappa shape index (κ1) is 25.2. The SMILES string of the molecule is COc1ccc(NC(=O)CC(=O)NN=Cc2ccc(OCc3cccc4ccccc34)c(OC)c2)cc1. The summed E-state index contributed by atoms with van der Waals surface area (Å²) in [6.07, 6.45) is 1.10. The van der Waals surface area contributed by atoms with Crippen LogP contribution in [0.2, 0.25) is 0 Å². The van der Waals surface area contributed by atoms with E-state index in [1.54, 1.807) is 56.7 Å². The second kappa shape index (κ2) is 12.2. The van der Waals surface area contributed by atoms with E-state index in [1.807, 2.05) is 24.3 Å². The molecule has 0 aromatic heterocycles. The van der Waals surface area contributed by atoms with Gasteiger partial charge in [0.2, 0.25) is 11.8 Å². The van der Waals surface area contributed by atoms with Crippen LogP contribution in [0.15, 0.2) is 90.0 Å². The zero-order chi connectivity index (χ0) is 26.0. The van der Waals surface area contributed by atoms with E-state index in [-0.39, 0.29) is 6.42 Å².